The number of nitrogens with zero attached hydrogens (tertiary/aromatic N) is 15. The fourth-order valence-electron chi connectivity index (χ4n) is 13.2. The first-order chi connectivity index (χ1) is 57.8. The molecule has 0 radical (unpaired) electrons. The number of aryl methyl sites for hydroxylation is 3. The quantitative estimate of drug-likeness (QED) is 0.0143. The van der Waals surface area contributed by atoms with Crippen molar-refractivity contribution in [3.8, 4) is 57.1 Å². The summed E-state index contributed by atoms with van der Waals surface area (Å²) < 4.78 is 20.9. The number of hydrogen-bond donors (Lipinski definition) is 8. The van der Waals surface area contributed by atoms with E-state index in [0.29, 0.717) is 130 Å². The van der Waals surface area contributed by atoms with Gasteiger partial charge in [-0.1, -0.05) is 42.9 Å². The molecule has 31 nitrogen and oxygen atoms in total. The van der Waals surface area contributed by atoms with Crippen molar-refractivity contribution in [2.75, 3.05) is 171 Å². The SMILES string of the molecule is C=CC(=O)Nc1cc(Nc2nccc(-c3cc(C#N)c4c(c3)c(C)cn4C)n2)c(OC)cc1N(C)CCN(C)C.C=CC(=O)Nc1cc(Nc2nccc(-c3cc(C(C)=O)c4c(c3)c(Cl)cn4C)n2)c(OC)cc1N(C)CCN(C)C.C=CC(=O)Nc1cc(Nc2nccc(-c3cc(C(N)=O)c4[nH]cc(Cl)c4c3)n2)c(OC)cc1N(C)CCN(C)C. The Morgan fingerprint density at radius 2 is 0.876 bits per heavy atom. The van der Waals surface area contributed by atoms with E-state index in [-0.39, 0.29) is 29.5 Å². The number of hydrogen-bond acceptors (Lipinski definition) is 24. The summed E-state index contributed by atoms with van der Waals surface area (Å²) in [6.07, 6.45) is 13.9. The van der Waals surface area contributed by atoms with Crippen LogP contribution in [0.15, 0.2) is 166 Å². The number of ether oxygens (including phenoxy) is 3. The number of amides is 4. The minimum absolute atomic E-state index is 0.0726. The number of aromatic nitrogens is 9. The van der Waals surface area contributed by atoms with Gasteiger partial charge < -0.3 is 95.4 Å². The van der Waals surface area contributed by atoms with E-state index < -0.39 is 5.91 Å². The standard InChI is InChI=1S/C30H34ClN7O3.C30H34N8O2.C28H31ClN8O3/c1-8-28(40)33-24-15-25(27(41-7)16-26(24)37(5)12-11-36(3)4)35-30-32-10-9-23(34-30)19-13-20(18(2)39)29-21(14-19)22(31)17-38(29)6;1-8-28(39)33-24-15-25(27(40-7)16-26(24)37(5)12-11-36(3)4)35-30-32-10-9-23(34-30)20-13-21(17-31)29-22(14-20)19(2)18-38(29)6;1-6-25(38)33-21-13-22(24(40-5)14-23(21)37(4)10-9-36(2)3)35-28-31-8-7-20(34-28)16-11-17-19(29)15-32-26(17)18(12-16)27(30)39/h8-10,13-17H,1,11-12H2,2-7H3,(H,33,40)(H,32,34,35);8-10,13-16,18H,1,11-12H2,2-7H3,(H,33,39)(H,32,34,35);6-8,11-15,32H,1,9-10H2,2-5H3,(H2,30,39)(H,33,38)(H,31,34,35). The number of Topliss-reactive ketones (excluding diaryl/α,β-unsaturated/α-hetero) is 1. The Morgan fingerprint density at radius 1 is 0.504 bits per heavy atom. The molecule has 33 heteroatoms. The van der Waals surface area contributed by atoms with Crippen LogP contribution < -0.4 is 66.5 Å². The van der Waals surface area contributed by atoms with Crippen LogP contribution in [0.25, 0.3) is 66.5 Å². The number of halogens is 2. The second-order valence-electron chi connectivity index (χ2n) is 29.1. The monoisotopic (exact) mass is 1680 g/mol. The third kappa shape index (κ3) is 21.7. The second kappa shape index (κ2) is 40.0. The van der Waals surface area contributed by atoms with Crippen molar-refractivity contribution in [2.45, 2.75) is 13.8 Å². The highest BCUT2D eigenvalue weighted by Gasteiger charge is 2.24. The second-order valence-corrected chi connectivity index (χ2v) is 29.9. The van der Waals surface area contributed by atoms with Crippen LogP contribution in [0.1, 0.15) is 38.8 Å². The maximum absolute atomic E-state index is 12.5. The minimum Gasteiger partial charge on any atom is -0.494 e. The van der Waals surface area contributed by atoms with Crippen molar-refractivity contribution in [2.24, 2.45) is 19.8 Å². The van der Waals surface area contributed by atoms with Gasteiger partial charge in [0.1, 0.15) is 23.3 Å². The lowest BCUT2D eigenvalue weighted by atomic mass is 10.0. The van der Waals surface area contributed by atoms with Crippen molar-refractivity contribution in [1.82, 2.24) is 58.7 Å². The lowest BCUT2D eigenvalue weighted by Crippen LogP contribution is -2.29. The van der Waals surface area contributed by atoms with Crippen molar-refractivity contribution in [1.29, 1.82) is 5.26 Å². The van der Waals surface area contributed by atoms with Crippen molar-refractivity contribution in [3.63, 3.8) is 0 Å². The number of nitrogens with one attached hydrogen (secondary N) is 7. The van der Waals surface area contributed by atoms with Gasteiger partial charge in [0.05, 0.1) is 127 Å². The number of carbonyl (C=O) groups excluding carboxylic acids is 5. The molecule has 0 aliphatic rings. The van der Waals surface area contributed by atoms with Gasteiger partial charge in [-0.25, -0.2) is 29.9 Å². The highest BCUT2D eigenvalue weighted by molar-refractivity contribution is 6.37. The van der Waals surface area contributed by atoms with Crippen LogP contribution in [0.3, 0.4) is 0 Å². The highest BCUT2D eigenvalue weighted by Crippen LogP contribution is 2.43. The Labute approximate surface area is 712 Å². The van der Waals surface area contributed by atoms with Crippen LogP contribution in [-0.2, 0) is 28.5 Å². The van der Waals surface area contributed by atoms with E-state index in [9.17, 15) is 29.2 Å². The number of carbonyl (C=O) groups is 5. The van der Waals surface area contributed by atoms with Crippen LogP contribution in [-0.4, -0.2) is 212 Å². The molecule has 6 aromatic carbocycles. The summed E-state index contributed by atoms with van der Waals surface area (Å²) in [5.74, 6) is 0.872. The summed E-state index contributed by atoms with van der Waals surface area (Å²) in [6.45, 7) is 18.9. The highest BCUT2D eigenvalue weighted by atomic mass is 35.5. The molecule has 0 saturated carbocycles. The average Bonchev–Trinajstić information content (AvgIpc) is 1.63. The topological polar surface area (TPSA) is 357 Å². The van der Waals surface area contributed by atoms with Crippen molar-refractivity contribution < 1.29 is 38.2 Å². The molecule has 9 N–H and O–H groups in total. The molecule has 0 aliphatic carbocycles. The summed E-state index contributed by atoms with van der Waals surface area (Å²) in [4.78, 5) is 104. The Hall–Kier alpha value is -13.9. The van der Waals surface area contributed by atoms with Crippen LogP contribution >= 0.6 is 23.2 Å². The molecule has 0 aliphatic heterocycles. The number of primary amides is 1. The molecule has 6 aromatic heterocycles. The molecule has 0 bridgehead atoms. The molecule has 0 saturated heterocycles. The Balaban J connectivity index is 0.000000190. The van der Waals surface area contributed by atoms with Crippen LogP contribution in [0.5, 0.6) is 17.2 Å². The van der Waals surface area contributed by atoms with E-state index in [1.54, 1.807) is 88.7 Å². The summed E-state index contributed by atoms with van der Waals surface area (Å²) >= 11 is 12.8. The lowest BCUT2D eigenvalue weighted by molar-refractivity contribution is -0.112. The summed E-state index contributed by atoms with van der Waals surface area (Å²) in [5, 5.41) is 31.6. The largest absolute Gasteiger partial charge is 0.494 e. The van der Waals surface area contributed by atoms with Gasteiger partial charge in [-0.05, 0) is 153 Å². The Morgan fingerprint density at radius 3 is 1.24 bits per heavy atom. The maximum Gasteiger partial charge on any atom is 0.250 e. The Bertz CT molecular complexity index is 5970. The van der Waals surface area contributed by atoms with Gasteiger partial charge in [0.2, 0.25) is 35.6 Å². The van der Waals surface area contributed by atoms with E-state index >= 15 is 0 Å². The number of methoxy groups -OCH3 is 3. The summed E-state index contributed by atoms with van der Waals surface area (Å²) in [5.41, 5.74) is 20.1. The molecule has 0 spiro atoms. The molecule has 6 heterocycles. The molecule has 12 aromatic rings. The van der Waals surface area contributed by atoms with Gasteiger partial charge in [-0.15, -0.1) is 0 Å². The van der Waals surface area contributed by atoms with E-state index in [1.807, 2.05) is 164 Å². The van der Waals surface area contributed by atoms with Crippen LogP contribution in [0, 0.1) is 18.3 Å². The molecule has 0 atom stereocenters. The minimum atomic E-state index is -0.591. The molecule has 0 unspecified atom stereocenters. The molecular formula is C88H99Cl2N23O8. The molecule has 4 amide bonds. The summed E-state index contributed by atoms with van der Waals surface area (Å²) in [6, 6.07) is 29.6. The zero-order chi connectivity index (χ0) is 87.8. The smallest absolute Gasteiger partial charge is 0.250 e. The normalized spacial score (nSPS) is 10.9. The Kier molecular flexibility index (Phi) is 29.6. The summed E-state index contributed by atoms with van der Waals surface area (Å²) in [7, 11) is 26.4. The molecule has 121 heavy (non-hydrogen) atoms. The number of H-pyrrole nitrogens is 1. The number of likely N-dealkylation sites (N-methyl/N-ethyl adjacent to an activating group) is 6. The van der Waals surface area contributed by atoms with E-state index in [4.69, 9.17) is 53.1 Å². The molecule has 12 rings (SSSR count). The first kappa shape index (κ1) is 89.4. The van der Waals surface area contributed by atoms with E-state index in [0.717, 1.165) is 88.3 Å². The predicted octanol–water partition coefficient (Wildman–Crippen LogP) is 14.3. The van der Waals surface area contributed by atoms with E-state index in [1.165, 1.54) is 25.2 Å². The van der Waals surface area contributed by atoms with Gasteiger partial charge in [-0.3, -0.25) is 24.0 Å². The number of nitriles is 1. The number of ketones is 1. The number of nitrogens with two attached hydrogens (primary N) is 1. The van der Waals surface area contributed by atoms with Crippen molar-refractivity contribution in [3.05, 3.63) is 198 Å². The predicted molar refractivity (Wildman–Crippen MR) is 486 cm³/mol. The van der Waals surface area contributed by atoms with Gasteiger partial charge >= 0.3 is 0 Å². The third-order valence-corrected chi connectivity index (χ3v) is 20.2. The fraction of sp³-hybridized carbons (Fsp3) is 0.250. The zero-order valence-corrected chi connectivity index (χ0v) is 72.0. The number of rotatable bonds is 32. The van der Waals surface area contributed by atoms with E-state index in [2.05, 4.69) is 102 Å². The molecule has 628 valence electrons. The molecular weight excluding hydrogens is 1580 g/mol. The third-order valence-electron chi connectivity index (χ3n) is 19.6. The maximum atomic E-state index is 12.5. The van der Waals surface area contributed by atoms with Gasteiger partial charge in [0.25, 0.3) is 5.91 Å². The van der Waals surface area contributed by atoms with Crippen LogP contribution in [0.2, 0.25) is 10.0 Å². The van der Waals surface area contributed by atoms with Crippen molar-refractivity contribution >= 4 is 154 Å². The first-order valence-electron chi connectivity index (χ1n) is 38.0. The average molecular weight is 1680 g/mol. The number of fused-ring (bicyclic) bond motifs is 3. The van der Waals surface area contributed by atoms with Gasteiger partial charge in [-0.2, -0.15) is 5.26 Å². The fourth-order valence-corrected chi connectivity index (χ4v) is 13.7. The first-order valence-corrected chi connectivity index (χ1v) is 38.8. The van der Waals surface area contributed by atoms with Gasteiger partial charge in [0, 0.05) is 168 Å². The number of benzene rings is 6. The van der Waals surface area contributed by atoms with Gasteiger partial charge in [0.15, 0.2) is 5.78 Å². The zero-order valence-electron chi connectivity index (χ0n) is 70.5. The molecule has 0 fully saturated rings. The van der Waals surface area contributed by atoms with Crippen LogP contribution in [0.4, 0.5) is 69.0 Å². The number of anilines is 12. The lowest BCUT2D eigenvalue weighted by Gasteiger charge is -2.26. The number of aromatic amines is 1.